The van der Waals surface area contributed by atoms with Crippen molar-refractivity contribution in [3.8, 4) is 55.6 Å². The summed E-state index contributed by atoms with van der Waals surface area (Å²) < 4.78 is 7.60. The number of aromatic nitrogens is 3. The first-order valence-corrected chi connectivity index (χ1v) is 47.0. The number of hydrogen-bond acceptors (Lipinski definition) is 0. The van der Waals surface area contributed by atoms with Crippen molar-refractivity contribution in [2.45, 2.75) is 126 Å². The van der Waals surface area contributed by atoms with Crippen molar-refractivity contribution >= 4 is 179 Å². The van der Waals surface area contributed by atoms with Crippen molar-refractivity contribution in [2.75, 3.05) is 0 Å². The average Bonchev–Trinajstić information content (AvgIpc) is 1.54. The molecule has 626 valence electrons. The molecular weight excluding hydrogens is 1570 g/mol. The van der Waals surface area contributed by atoms with Gasteiger partial charge in [-0.25, -0.2) is 0 Å². The van der Waals surface area contributed by atoms with Gasteiger partial charge in [-0.1, -0.05) is 325 Å². The Balaban J connectivity index is 0.000000108. The highest BCUT2D eigenvalue weighted by molar-refractivity contribution is 6.31. The first kappa shape index (κ1) is 78.8. The highest BCUT2D eigenvalue weighted by atomic mass is 14.9. The van der Waals surface area contributed by atoms with Crippen LogP contribution in [0.25, 0.3) is 235 Å². The first-order chi connectivity index (χ1) is 63.2. The van der Waals surface area contributed by atoms with Gasteiger partial charge in [0.05, 0.1) is 49.7 Å². The molecule has 0 saturated heterocycles. The molecule has 0 aliphatic rings. The van der Waals surface area contributed by atoms with E-state index in [-0.39, 0.29) is 0 Å². The van der Waals surface area contributed by atoms with Gasteiger partial charge >= 0.3 is 0 Å². The normalized spacial score (nSPS) is 12.5. The van der Waals surface area contributed by atoms with E-state index in [0.29, 0.717) is 35.5 Å². The van der Waals surface area contributed by atoms with E-state index in [1.165, 1.54) is 273 Å². The highest BCUT2D eigenvalue weighted by Gasteiger charge is 2.27. The molecular formula is C127H103N3. The molecule has 0 bridgehead atoms. The van der Waals surface area contributed by atoms with Crippen LogP contribution in [-0.2, 0) is 0 Å². The standard InChI is InChI=1S/2C44H35N.C39H33N/c1-26(2)29-14-16-31-24-42-38(20-33(31)18-29)40-22-35(37-13-9-8-12-36(37)28-10-6-5-7-11-28)23-41-39-21-34-19-30(27(3)4)15-17-32(34)25-43(39)45(42)44(40)41;1-26(2)29-13-15-33-24-42-38(20-35(33)17-29)40-22-37(32-12-8-11-31(19-32)28-9-6-5-7-10-28)23-41-39-21-36-18-30(27(3)4)14-16-34(36)25-43(39)45(42)44(40)41;1-22(2)26-10-12-28-20-37-33(16-30(28)14-26)35-18-32(25-8-6-24(5)7-9-25)19-36-34-17-31-15-27(23(3)4)11-13-29(31)21-38(34)40(37)39(35)36/h2*5-27H,1-4H3;6-23H,1-5H3. The number of fused-ring (bicyclic) bond motifs is 24. The molecule has 6 aromatic heterocycles. The van der Waals surface area contributed by atoms with Gasteiger partial charge in [0, 0.05) is 64.6 Å². The van der Waals surface area contributed by atoms with Gasteiger partial charge in [0.1, 0.15) is 0 Å². The minimum atomic E-state index is 0.495. The number of rotatable bonds is 11. The lowest BCUT2D eigenvalue weighted by Gasteiger charge is -2.11. The van der Waals surface area contributed by atoms with Gasteiger partial charge in [-0.2, -0.15) is 0 Å². The van der Waals surface area contributed by atoms with Gasteiger partial charge in [-0.3, -0.25) is 0 Å². The zero-order valence-electron chi connectivity index (χ0n) is 76.3. The summed E-state index contributed by atoms with van der Waals surface area (Å²) in [5.41, 5.74) is 33.8. The third-order valence-electron chi connectivity index (χ3n) is 29.1. The summed E-state index contributed by atoms with van der Waals surface area (Å²) >= 11 is 0. The average molecular weight is 1670 g/mol. The Morgan fingerprint density at radius 1 is 0.154 bits per heavy atom. The van der Waals surface area contributed by atoms with Crippen LogP contribution in [0.2, 0.25) is 0 Å². The van der Waals surface area contributed by atoms with Gasteiger partial charge < -0.3 is 13.2 Å². The molecule has 0 radical (unpaired) electrons. The van der Waals surface area contributed by atoms with E-state index in [0.717, 1.165) is 0 Å². The lowest BCUT2D eigenvalue weighted by Crippen LogP contribution is -1.88. The minimum Gasteiger partial charge on any atom is -0.308 e. The monoisotopic (exact) mass is 1670 g/mol. The molecule has 26 aromatic rings. The molecule has 130 heavy (non-hydrogen) atoms. The van der Waals surface area contributed by atoms with Crippen molar-refractivity contribution in [3.05, 3.63) is 391 Å². The van der Waals surface area contributed by atoms with Gasteiger partial charge in [0.15, 0.2) is 0 Å². The van der Waals surface area contributed by atoms with Crippen LogP contribution in [0.1, 0.15) is 158 Å². The number of hydrogen-bond donors (Lipinski definition) is 0. The fourth-order valence-electron chi connectivity index (χ4n) is 21.7. The van der Waals surface area contributed by atoms with Gasteiger partial charge in [-0.15, -0.1) is 0 Å². The molecule has 3 heteroatoms. The first-order valence-electron chi connectivity index (χ1n) is 47.0. The Bertz CT molecular complexity index is 8690. The molecule has 0 atom stereocenters. The zero-order valence-corrected chi connectivity index (χ0v) is 76.3. The Labute approximate surface area is 758 Å². The van der Waals surface area contributed by atoms with Crippen LogP contribution >= 0.6 is 0 Å². The molecule has 20 aromatic carbocycles. The highest BCUT2D eigenvalue weighted by Crippen LogP contribution is 2.51. The third kappa shape index (κ3) is 12.8. The fourth-order valence-corrected chi connectivity index (χ4v) is 21.7. The minimum absolute atomic E-state index is 0.495. The number of nitrogens with zero attached hydrogens (tertiary/aromatic N) is 3. The van der Waals surface area contributed by atoms with Crippen molar-refractivity contribution in [2.24, 2.45) is 0 Å². The van der Waals surface area contributed by atoms with Crippen LogP contribution in [0.5, 0.6) is 0 Å². The van der Waals surface area contributed by atoms with E-state index < -0.39 is 0 Å². The predicted octanol–water partition coefficient (Wildman–Crippen LogP) is 36.8. The van der Waals surface area contributed by atoms with Crippen molar-refractivity contribution in [3.63, 3.8) is 0 Å². The molecule has 0 unspecified atom stereocenters. The van der Waals surface area contributed by atoms with Crippen LogP contribution in [0.15, 0.2) is 352 Å². The number of aryl methyl sites for hydroxylation is 1. The molecule has 0 N–H and O–H groups in total. The Kier molecular flexibility index (Phi) is 18.3. The summed E-state index contributed by atoms with van der Waals surface area (Å²) in [5, 5.41) is 31.5. The quantitative estimate of drug-likeness (QED) is 0.122. The summed E-state index contributed by atoms with van der Waals surface area (Å²) in [6, 6.07) is 134. The zero-order chi connectivity index (χ0) is 88.1. The molecule has 0 aliphatic carbocycles. The molecule has 3 nitrogen and oxygen atoms in total. The summed E-state index contributed by atoms with van der Waals surface area (Å²) in [6.07, 6.45) is 0. The van der Waals surface area contributed by atoms with E-state index in [9.17, 15) is 0 Å². The second kappa shape index (κ2) is 30.3. The van der Waals surface area contributed by atoms with E-state index in [2.05, 4.69) is 455 Å². The van der Waals surface area contributed by atoms with Crippen LogP contribution in [0, 0.1) is 6.92 Å². The van der Waals surface area contributed by atoms with E-state index in [4.69, 9.17) is 0 Å². The maximum absolute atomic E-state index is 2.54. The Morgan fingerprint density at radius 2 is 0.385 bits per heavy atom. The topological polar surface area (TPSA) is 13.2 Å². The SMILES string of the molecule is CC(C)c1ccc2cc3c(cc2c1)c1cc(-c2cccc(-c4ccccc4)c2)cc2c4cc5cc(C(C)C)ccc5cc4n3c12.CC(C)c1ccc2cc3c(cc2c1)c1cc(-c2ccccc2-c2ccccc2)cc2c4cc5cc(C(C)C)ccc5cc4n3c12.Cc1ccc(-c2cc3c4cc5cc(C(C)C)ccc5cc4n4c5cc6ccc(C(C)C)cc6cc5c(c2)c34)cc1. The summed E-state index contributed by atoms with van der Waals surface area (Å²) in [5.74, 6) is 3.00. The van der Waals surface area contributed by atoms with E-state index in [1.807, 2.05) is 0 Å². The second-order valence-electron chi connectivity index (χ2n) is 39.3. The predicted molar refractivity (Wildman–Crippen MR) is 565 cm³/mol. The van der Waals surface area contributed by atoms with Crippen molar-refractivity contribution in [1.29, 1.82) is 0 Å². The second-order valence-corrected chi connectivity index (χ2v) is 39.3. The van der Waals surface area contributed by atoms with Crippen LogP contribution in [0.4, 0.5) is 0 Å². The maximum Gasteiger partial charge on any atom is 0.0620 e. The lowest BCUT2D eigenvalue weighted by molar-refractivity contribution is 0.869. The fraction of sp³-hybridized carbons (Fsp3) is 0.150. The Hall–Kier alpha value is -14.6. The van der Waals surface area contributed by atoms with Crippen molar-refractivity contribution in [1.82, 2.24) is 13.2 Å². The number of benzene rings is 20. The van der Waals surface area contributed by atoms with Gasteiger partial charge in [0.2, 0.25) is 0 Å². The summed E-state index contributed by atoms with van der Waals surface area (Å²) in [4.78, 5) is 0. The molecule has 0 saturated carbocycles. The van der Waals surface area contributed by atoms with Crippen LogP contribution in [0.3, 0.4) is 0 Å². The molecule has 0 aliphatic heterocycles. The largest absolute Gasteiger partial charge is 0.308 e. The summed E-state index contributed by atoms with van der Waals surface area (Å²) in [6.45, 7) is 29.5. The molecule has 6 heterocycles. The summed E-state index contributed by atoms with van der Waals surface area (Å²) in [7, 11) is 0. The van der Waals surface area contributed by atoms with Crippen molar-refractivity contribution < 1.29 is 0 Å². The molecule has 26 rings (SSSR count). The van der Waals surface area contributed by atoms with Crippen LogP contribution < -0.4 is 0 Å². The smallest absolute Gasteiger partial charge is 0.0620 e. The maximum atomic E-state index is 2.54. The van der Waals surface area contributed by atoms with Gasteiger partial charge in [0.25, 0.3) is 0 Å². The third-order valence-corrected chi connectivity index (χ3v) is 29.1. The molecule has 0 fully saturated rings. The lowest BCUT2D eigenvalue weighted by atomic mass is 9.92. The van der Waals surface area contributed by atoms with E-state index in [1.54, 1.807) is 0 Å². The Morgan fingerprint density at radius 3 is 0.669 bits per heavy atom. The molecule has 0 spiro atoms. The molecule has 0 amide bonds. The van der Waals surface area contributed by atoms with Crippen LogP contribution in [-0.4, -0.2) is 13.2 Å². The van der Waals surface area contributed by atoms with E-state index >= 15 is 0 Å². The van der Waals surface area contributed by atoms with Gasteiger partial charge in [-0.05, 0) is 311 Å².